The third-order valence-corrected chi connectivity index (χ3v) is 1.99. The van der Waals surface area contributed by atoms with Crippen molar-refractivity contribution in [2.75, 3.05) is 20.3 Å². The van der Waals surface area contributed by atoms with Gasteiger partial charge in [-0.25, -0.2) is 0 Å². The molecule has 0 bridgehead atoms. The highest BCUT2D eigenvalue weighted by molar-refractivity contribution is 4.69. The molecule has 0 aliphatic heterocycles. The van der Waals surface area contributed by atoms with Crippen molar-refractivity contribution in [2.24, 2.45) is 0 Å². The molecule has 0 unspecified atom stereocenters. The minimum absolute atomic E-state index is 0.590. The molecular weight excluding hydrogens is 142 g/mol. The summed E-state index contributed by atoms with van der Waals surface area (Å²) in [5.41, 5.74) is 3.04. The van der Waals surface area contributed by atoms with Crippen LogP contribution >= 0.6 is 0 Å². The second kappa shape index (κ2) is 5.52. The summed E-state index contributed by atoms with van der Waals surface area (Å²) >= 11 is 0. The molecule has 3 heteroatoms. The van der Waals surface area contributed by atoms with Crippen molar-refractivity contribution in [3.8, 4) is 0 Å². The predicted octanol–water partition coefficient (Wildman–Crippen LogP) is 1.10. The molecule has 0 aromatic rings. The van der Waals surface area contributed by atoms with Gasteiger partial charge in [-0.05, 0) is 12.8 Å². The van der Waals surface area contributed by atoms with Gasteiger partial charge < -0.3 is 4.74 Å². The molecule has 1 saturated carbocycles. The maximum Gasteiger partial charge on any atom is 0.0915 e. The minimum Gasteiger partial charge on any atom is -0.382 e. The van der Waals surface area contributed by atoms with E-state index in [9.17, 15) is 0 Å². The van der Waals surface area contributed by atoms with Crippen LogP contribution in [0.5, 0.6) is 0 Å². The lowest BCUT2D eigenvalue weighted by Crippen LogP contribution is -2.27. The Kier molecular flexibility index (Phi) is 4.50. The maximum absolute atomic E-state index is 5.18. The van der Waals surface area contributed by atoms with Crippen LogP contribution in [0.3, 0.4) is 0 Å². The average Bonchev–Trinajstić information content (AvgIpc) is 2.50. The highest BCUT2D eigenvalue weighted by Crippen LogP contribution is 2.17. The number of hydrogen-bond donors (Lipinski definition) is 1. The topological polar surface area (TPSA) is 30.5 Å². The Morgan fingerprint density at radius 1 is 1.27 bits per heavy atom. The average molecular weight is 159 g/mol. The normalized spacial score (nSPS) is 19.4. The second-order valence-electron chi connectivity index (χ2n) is 2.94. The van der Waals surface area contributed by atoms with E-state index in [1.54, 1.807) is 7.11 Å². The molecule has 1 aliphatic carbocycles. The lowest BCUT2D eigenvalue weighted by molar-refractivity contribution is -0.0106. The Morgan fingerprint density at radius 2 is 2.00 bits per heavy atom. The van der Waals surface area contributed by atoms with Crippen molar-refractivity contribution < 1.29 is 9.57 Å². The van der Waals surface area contributed by atoms with Gasteiger partial charge in [-0.15, -0.1) is 0 Å². The molecule has 0 aromatic carbocycles. The molecule has 1 N–H and O–H groups in total. The molecule has 0 radical (unpaired) electrons. The van der Waals surface area contributed by atoms with Gasteiger partial charge in [-0.2, -0.15) is 5.48 Å². The summed E-state index contributed by atoms with van der Waals surface area (Å²) in [7, 11) is 1.68. The van der Waals surface area contributed by atoms with Crippen molar-refractivity contribution >= 4 is 0 Å². The van der Waals surface area contributed by atoms with Gasteiger partial charge in [-0.1, -0.05) is 12.8 Å². The first-order chi connectivity index (χ1) is 5.43. The van der Waals surface area contributed by atoms with Crippen LogP contribution in [0.1, 0.15) is 25.7 Å². The summed E-state index contributed by atoms with van der Waals surface area (Å²) in [6, 6.07) is 0.590. The zero-order valence-electron chi connectivity index (χ0n) is 7.14. The second-order valence-corrected chi connectivity index (χ2v) is 2.94. The smallest absolute Gasteiger partial charge is 0.0915 e. The van der Waals surface area contributed by atoms with E-state index in [0.29, 0.717) is 19.3 Å². The third-order valence-electron chi connectivity index (χ3n) is 1.99. The fourth-order valence-corrected chi connectivity index (χ4v) is 1.35. The Hall–Kier alpha value is -0.120. The molecule has 0 heterocycles. The van der Waals surface area contributed by atoms with Crippen molar-refractivity contribution in [3.05, 3.63) is 0 Å². The van der Waals surface area contributed by atoms with E-state index in [1.807, 2.05) is 0 Å². The van der Waals surface area contributed by atoms with Crippen molar-refractivity contribution in [1.29, 1.82) is 0 Å². The molecule has 66 valence electrons. The van der Waals surface area contributed by atoms with Gasteiger partial charge in [0.2, 0.25) is 0 Å². The molecule has 0 atom stereocenters. The van der Waals surface area contributed by atoms with Gasteiger partial charge in [0.1, 0.15) is 0 Å². The van der Waals surface area contributed by atoms with Gasteiger partial charge in [0.05, 0.1) is 13.2 Å². The summed E-state index contributed by atoms with van der Waals surface area (Å²) in [6.07, 6.45) is 5.19. The highest BCUT2D eigenvalue weighted by Gasteiger charge is 2.13. The Morgan fingerprint density at radius 3 is 2.64 bits per heavy atom. The first-order valence-electron chi connectivity index (χ1n) is 4.29. The molecule has 0 aromatic heterocycles. The van der Waals surface area contributed by atoms with Gasteiger partial charge in [0, 0.05) is 13.2 Å². The largest absolute Gasteiger partial charge is 0.382 e. The van der Waals surface area contributed by atoms with E-state index in [-0.39, 0.29) is 0 Å². The first-order valence-corrected chi connectivity index (χ1v) is 4.29. The number of hydrogen-bond acceptors (Lipinski definition) is 3. The Balaban J connectivity index is 1.86. The van der Waals surface area contributed by atoms with Gasteiger partial charge >= 0.3 is 0 Å². The van der Waals surface area contributed by atoms with E-state index in [1.165, 1.54) is 25.7 Å². The number of methoxy groups -OCH3 is 1. The van der Waals surface area contributed by atoms with E-state index >= 15 is 0 Å². The summed E-state index contributed by atoms with van der Waals surface area (Å²) in [5.74, 6) is 0. The molecule has 0 amide bonds. The predicted molar refractivity (Wildman–Crippen MR) is 43.2 cm³/mol. The molecular formula is C8H17NO2. The fraction of sp³-hybridized carbons (Fsp3) is 1.00. The summed E-state index contributed by atoms with van der Waals surface area (Å²) < 4.78 is 4.84. The Labute approximate surface area is 68.0 Å². The molecule has 1 rings (SSSR count). The van der Waals surface area contributed by atoms with Crippen LogP contribution in [0.15, 0.2) is 0 Å². The van der Waals surface area contributed by atoms with E-state index in [4.69, 9.17) is 9.57 Å². The summed E-state index contributed by atoms with van der Waals surface area (Å²) in [4.78, 5) is 5.18. The third kappa shape index (κ3) is 3.70. The van der Waals surface area contributed by atoms with Crippen LogP contribution in [-0.4, -0.2) is 26.4 Å². The molecule has 11 heavy (non-hydrogen) atoms. The van der Waals surface area contributed by atoms with Crippen LogP contribution in [-0.2, 0) is 9.57 Å². The van der Waals surface area contributed by atoms with Crippen LogP contribution in [0.2, 0.25) is 0 Å². The SMILES string of the molecule is COCCONC1CCCC1. The zero-order valence-corrected chi connectivity index (χ0v) is 7.14. The number of rotatable bonds is 5. The molecule has 3 nitrogen and oxygen atoms in total. The quantitative estimate of drug-likeness (QED) is 0.481. The molecule has 1 aliphatic rings. The standard InChI is InChI=1S/C8H17NO2/c1-10-6-7-11-9-8-4-2-3-5-8/h8-9H,2-7H2,1H3. The van der Waals surface area contributed by atoms with Crippen LogP contribution < -0.4 is 5.48 Å². The van der Waals surface area contributed by atoms with Crippen molar-refractivity contribution in [2.45, 2.75) is 31.7 Å². The number of ether oxygens (including phenoxy) is 1. The van der Waals surface area contributed by atoms with Crippen LogP contribution in [0.25, 0.3) is 0 Å². The number of hydroxylamine groups is 1. The van der Waals surface area contributed by atoms with Gasteiger partial charge in [-0.3, -0.25) is 4.84 Å². The molecule has 0 spiro atoms. The maximum atomic E-state index is 5.18. The van der Waals surface area contributed by atoms with Gasteiger partial charge in [0.25, 0.3) is 0 Å². The summed E-state index contributed by atoms with van der Waals surface area (Å²) in [6.45, 7) is 1.31. The minimum atomic E-state index is 0.590. The van der Waals surface area contributed by atoms with Crippen molar-refractivity contribution in [1.82, 2.24) is 5.48 Å². The lowest BCUT2D eigenvalue weighted by Gasteiger charge is -2.10. The van der Waals surface area contributed by atoms with Crippen LogP contribution in [0.4, 0.5) is 0 Å². The molecule has 1 fully saturated rings. The lowest BCUT2D eigenvalue weighted by atomic mass is 10.3. The van der Waals surface area contributed by atoms with Gasteiger partial charge in [0.15, 0.2) is 0 Å². The molecule has 0 saturated heterocycles. The monoisotopic (exact) mass is 159 g/mol. The van der Waals surface area contributed by atoms with Crippen molar-refractivity contribution in [3.63, 3.8) is 0 Å². The Bertz CT molecular complexity index is 92.1. The van der Waals surface area contributed by atoms with E-state index < -0.39 is 0 Å². The van der Waals surface area contributed by atoms with E-state index in [2.05, 4.69) is 5.48 Å². The summed E-state index contributed by atoms with van der Waals surface area (Å²) in [5, 5.41) is 0. The highest BCUT2D eigenvalue weighted by atomic mass is 16.7. The fourth-order valence-electron chi connectivity index (χ4n) is 1.35. The van der Waals surface area contributed by atoms with E-state index in [0.717, 1.165) is 0 Å². The zero-order chi connectivity index (χ0) is 7.94. The number of nitrogens with one attached hydrogen (secondary N) is 1. The van der Waals surface area contributed by atoms with Crippen LogP contribution in [0, 0.1) is 0 Å². The first kappa shape index (κ1) is 8.97.